The Labute approximate surface area is 168 Å². The molecule has 1 aliphatic carbocycles. The number of benzene rings is 1. The van der Waals surface area contributed by atoms with Gasteiger partial charge in [-0.25, -0.2) is 4.79 Å². The maximum atomic E-state index is 12.6. The summed E-state index contributed by atoms with van der Waals surface area (Å²) in [6.07, 6.45) is 1.76. The van der Waals surface area contributed by atoms with Crippen LogP contribution in [0.15, 0.2) is 18.2 Å². The second kappa shape index (κ2) is 7.43. The fourth-order valence-corrected chi connectivity index (χ4v) is 3.40. The molecule has 1 aliphatic heterocycles. The number of rotatable bonds is 6. The molecule has 0 spiro atoms. The van der Waals surface area contributed by atoms with Gasteiger partial charge in [0.2, 0.25) is 5.91 Å². The normalized spacial score (nSPS) is 21.7. The van der Waals surface area contributed by atoms with Gasteiger partial charge in [0.1, 0.15) is 12.1 Å². The quantitative estimate of drug-likeness (QED) is 0.629. The molecule has 3 rings (SSSR count). The van der Waals surface area contributed by atoms with Crippen molar-refractivity contribution >= 4 is 41.0 Å². The highest BCUT2D eigenvalue weighted by atomic mass is 35.5. The average molecular weight is 407 g/mol. The van der Waals surface area contributed by atoms with E-state index >= 15 is 0 Å². The summed E-state index contributed by atoms with van der Waals surface area (Å²) >= 11 is 6.11. The molecule has 1 aromatic carbocycles. The summed E-state index contributed by atoms with van der Waals surface area (Å²) in [5.41, 5.74) is -0.367. The first-order valence-corrected chi connectivity index (χ1v) is 9.54. The molecule has 2 fully saturated rings. The topological polar surface area (TPSA) is 108 Å². The molecule has 1 saturated carbocycles. The van der Waals surface area contributed by atoms with E-state index in [1.54, 1.807) is 13.0 Å². The number of amides is 5. The van der Waals surface area contributed by atoms with E-state index in [1.807, 2.05) is 13.8 Å². The van der Waals surface area contributed by atoms with Crippen LogP contribution in [0.4, 0.5) is 10.5 Å². The Bertz CT molecular complexity index is 852. The minimum atomic E-state index is -0.941. The molecule has 0 bridgehead atoms. The van der Waals surface area contributed by atoms with Crippen molar-refractivity contribution in [2.45, 2.75) is 45.2 Å². The van der Waals surface area contributed by atoms with E-state index in [9.17, 15) is 19.2 Å². The fourth-order valence-electron chi connectivity index (χ4n) is 3.24. The first-order valence-electron chi connectivity index (χ1n) is 9.16. The van der Waals surface area contributed by atoms with E-state index < -0.39 is 29.9 Å². The van der Waals surface area contributed by atoms with Gasteiger partial charge in [-0.3, -0.25) is 19.3 Å². The number of carbonyl (C=O) groups excluding carboxylic acids is 4. The van der Waals surface area contributed by atoms with Gasteiger partial charge in [0, 0.05) is 11.6 Å². The molecule has 0 aromatic heterocycles. The Morgan fingerprint density at radius 2 is 2.00 bits per heavy atom. The van der Waals surface area contributed by atoms with Crippen LogP contribution in [-0.2, 0) is 9.59 Å². The molecule has 3 N–H and O–H groups in total. The van der Waals surface area contributed by atoms with Crippen LogP contribution in [0.2, 0.25) is 5.02 Å². The lowest BCUT2D eigenvalue weighted by atomic mass is 9.96. The van der Waals surface area contributed by atoms with Crippen LogP contribution in [0.25, 0.3) is 0 Å². The van der Waals surface area contributed by atoms with Gasteiger partial charge in [-0.2, -0.15) is 0 Å². The minimum Gasteiger partial charge on any atom is -0.350 e. The SMILES string of the molecule is CC(C)NC(=O)c1ccc(Cl)c(NC(=O)CN2C(=O)NC(C)(C3CC3)C2=O)c1. The Balaban J connectivity index is 1.69. The van der Waals surface area contributed by atoms with Gasteiger partial charge in [-0.05, 0) is 57.7 Å². The third-order valence-electron chi connectivity index (χ3n) is 4.92. The highest BCUT2D eigenvalue weighted by Gasteiger charge is 2.56. The average Bonchev–Trinajstić information content (AvgIpc) is 3.42. The zero-order chi connectivity index (χ0) is 20.6. The molecular weight excluding hydrogens is 384 g/mol. The van der Waals surface area contributed by atoms with Crippen molar-refractivity contribution in [2.75, 3.05) is 11.9 Å². The van der Waals surface area contributed by atoms with E-state index in [0.717, 1.165) is 17.7 Å². The molecule has 28 heavy (non-hydrogen) atoms. The van der Waals surface area contributed by atoms with E-state index in [4.69, 9.17) is 11.6 Å². The molecular formula is C19H23ClN4O4. The van der Waals surface area contributed by atoms with E-state index in [-0.39, 0.29) is 28.6 Å². The summed E-state index contributed by atoms with van der Waals surface area (Å²) in [5.74, 6) is -1.16. The van der Waals surface area contributed by atoms with Crippen LogP contribution in [-0.4, -0.2) is 46.8 Å². The predicted octanol–water partition coefficient (Wildman–Crippen LogP) is 2.14. The maximum Gasteiger partial charge on any atom is 0.325 e. The molecule has 9 heteroatoms. The molecule has 1 aromatic rings. The third-order valence-corrected chi connectivity index (χ3v) is 5.25. The second-order valence-corrected chi connectivity index (χ2v) is 8.08. The van der Waals surface area contributed by atoms with Gasteiger partial charge in [0.15, 0.2) is 0 Å². The summed E-state index contributed by atoms with van der Waals surface area (Å²) < 4.78 is 0. The number of nitrogens with one attached hydrogen (secondary N) is 3. The van der Waals surface area contributed by atoms with Crippen molar-refractivity contribution < 1.29 is 19.2 Å². The Kier molecular flexibility index (Phi) is 5.34. The number of urea groups is 1. The molecule has 2 aliphatic rings. The largest absolute Gasteiger partial charge is 0.350 e. The lowest BCUT2D eigenvalue weighted by Gasteiger charge is -2.20. The molecule has 0 radical (unpaired) electrons. The van der Waals surface area contributed by atoms with Crippen LogP contribution in [0, 0.1) is 5.92 Å². The van der Waals surface area contributed by atoms with Gasteiger partial charge >= 0.3 is 6.03 Å². The molecule has 1 unspecified atom stereocenters. The van der Waals surface area contributed by atoms with Crippen molar-refractivity contribution in [2.24, 2.45) is 5.92 Å². The second-order valence-electron chi connectivity index (χ2n) is 7.67. The number of hydrogen-bond donors (Lipinski definition) is 3. The number of anilines is 1. The molecule has 1 atom stereocenters. The van der Waals surface area contributed by atoms with Gasteiger partial charge in [-0.1, -0.05) is 11.6 Å². The highest BCUT2D eigenvalue weighted by Crippen LogP contribution is 2.42. The summed E-state index contributed by atoms with van der Waals surface area (Å²) in [6, 6.07) is 3.89. The Morgan fingerprint density at radius 3 is 2.61 bits per heavy atom. The van der Waals surface area contributed by atoms with E-state index in [0.29, 0.717) is 5.56 Å². The van der Waals surface area contributed by atoms with Crippen LogP contribution >= 0.6 is 11.6 Å². The highest BCUT2D eigenvalue weighted by molar-refractivity contribution is 6.34. The summed E-state index contributed by atoms with van der Waals surface area (Å²) in [5, 5.41) is 8.27. The van der Waals surface area contributed by atoms with Crippen molar-refractivity contribution in [1.82, 2.24) is 15.5 Å². The fraction of sp³-hybridized carbons (Fsp3) is 0.474. The van der Waals surface area contributed by atoms with Gasteiger partial charge in [0.25, 0.3) is 11.8 Å². The zero-order valence-electron chi connectivity index (χ0n) is 16.0. The number of nitrogens with zero attached hydrogens (tertiary/aromatic N) is 1. The van der Waals surface area contributed by atoms with Gasteiger partial charge < -0.3 is 16.0 Å². The van der Waals surface area contributed by atoms with Crippen LogP contribution in [0.3, 0.4) is 0 Å². The summed E-state index contributed by atoms with van der Waals surface area (Å²) in [6.45, 7) is 4.94. The Morgan fingerprint density at radius 1 is 1.32 bits per heavy atom. The number of carbonyl (C=O) groups is 4. The molecule has 5 amide bonds. The molecule has 1 saturated heterocycles. The first kappa shape index (κ1) is 20.1. The van der Waals surface area contributed by atoms with Crippen molar-refractivity contribution in [1.29, 1.82) is 0 Å². The minimum absolute atomic E-state index is 0.0401. The van der Waals surface area contributed by atoms with Gasteiger partial charge in [0.05, 0.1) is 10.7 Å². The maximum absolute atomic E-state index is 12.6. The van der Waals surface area contributed by atoms with E-state index in [1.165, 1.54) is 12.1 Å². The smallest absolute Gasteiger partial charge is 0.325 e. The van der Waals surface area contributed by atoms with Crippen molar-refractivity contribution in [3.05, 3.63) is 28.8 Å². The number of halogens is 1. The number of hydrogen-bond acceptors (Lipinski definition) is 4. The monoisotopic (exact) mass is 406 g/mol. The summed E-state index contributed by atoms with van der Waals surface area (Å²) in [4.78, 5) is 50.2. The van der Waals surface area contributed by atoms with Crippen molar-refractivity contribution in [3.63, 3.8) is 0 Å². The predicted molar refractivity (Wildman–Crippen MR) is 104 cm³/mol. The first-order chi connectivity index (χ1) is 13.1. The molecule has 150 valence electrons. The zero-order valence-corrected chi connectivity index (χ0v) is 16.7. The van der Waals surface area contributed by atoms with Crippen LogP contribution in [0.5, 0.6) is 0 Å². The standard InChI is InChI=1S/C19H23ClN4O4/c1-10(2)21-16(26)11-4-7-13(20)14(8-11)22-15(25)9-24-17(27)19(3,12-5-6-12)23-18(24)28/h4,7-8,10,12H,5-6,9H2,1-3H3,(H,21,26)(H,22,25)(H,23,28). The third kappa shape index (κ3) is 3.96. The lowest BCUT2D eigenvalue weighted by Crippen LogP contribution is -2.46. The van der Waals surface area contributed by atoms with Crippen LogP contribution < -0.4 is 16.0 Å². The molecule has 8 nitrogen and oxygen atoms in total. The lowest BCUT2D eigenvalue weighted by molar-refractivity contribution is -0.134. The van der Waals surface area contributed by atoms with E-state index in [2.05, 4.69) is 16.0 Å². The summed E-state index contributed by atoms with van der Waals surface area (Å²) in [7, 11) is 0. The molecule has 1 heterocycles. The van der Waals surface area contributed by atoms with Crippen LogP contribution in [0.1, 0.15) is 44.0 Å². The Hall–Kier alpha value is -2.61. The van der Waals surface area contributed by atoms with Gasteiger partial charge in [-0.15, -0.1) is 0 Å². The van der Waals surface area contributed by atoms with Crippen molar-refractivity contribution in [3.8, 4) is 0 Å². The number of imide groups is 1.